The van der Waals surface area contributed by atoms with Crippen LogP contribution in [0.1, 0.15) is 40.4 Å². The number of likely N-dealkylation sites (tertiary alicyclic amines) is 1. The Morgan fingerprint density at radius 2 is 1.58 bits per heavy atom. The van der Waals surface area contributed by atoms with Crippen molar-refractivity contribution < 1.29 is 32.3 Å². The van der Waals surface area contributed by atoms with Gasteiger partial charge in [-0.2, -0.15) is 13.2 Å². The van der Waals surface area contributed by atoms with Crippen molar-refractivity contribution >= 4 is 35.1 Å². The molecule has 38 heavy (non-hydrogen) atoms. The molecule has 0 spiro atoms. The molecule has 0 aliphatic carbocycles. The number of alkyl halides is 3. The summed E-state index contributed by atoms with van der Waals surface area (Å²) in [6, 6.07) is 19.0. The van der Waals surface area contributed by atoms with E-state index in [1.807, 2.05) is 0 Å². The summed E-state index contributed by atoms with van der Waals surface area (Å²) in [6.45, 7) is 0.654. The van der Waals surface area contributed by atoms with Gasteiger partial charge in [-0.3, -0.25) is 14.4 Å². The molecule has 2 amide bonds. The lowest BCUT2D eigenvalue weighted by Gasteiger charge is -2.31. The predicted octanol–water partition coefficient (Wildman–Crippen LogP) is 6.13. The highest BCUT2D eigenvalue weighted by Gasteiger charge is 2.34. The first kappa shape index (κ1) is 27.2. The van der Waals surface area contributed by atoms with Crippen molar-refractivity contribution in [1.82, 2.24) is 4.90 Å². The SMILES string of the molecule is O=C(O[C@@H](C(=O)Nc1cccc(C(F)(F)F)c1)c1ccccc1)C1CCN(C(=O)c2ccc(Cl)cc2)CC1. The zero-order valence-electron chi connectivity index (χ0n) is 20.1. The summed E-state index contributed by atoms with van der Waals surface area (Å²) < 4.78 is 44.9. The maximum absolute atomic E-state index is 13.1. The number of nitrogens with zero attached hydrogens (tertiary/aromatic N) is 1. The van der Waals surface area contributed by atoms with E-state index in [0.717, 1.165) is 12.1 Å². The van der Waals surface area contributed by atoms with E-state index in [1.54, 1.807) is 59.5 Å². The minimum Gasteiger partial charge on any atom is -0.447 e. The largest absolute Gasteiger partial charge is 0.447 e. The lowest BCUT2D eigenvalue weighted by Crippen LogP contribution is -2.41. The van der Waals surface area contributed by atoms with Crippen LogP contribution >= 0.6 is 11.6 Å². The summed E-state index contributed by atoms with van der Waals surface area (Å²) in [5.41, 5.74) is -0.120. The quantitative estimate of drug-likeness (QED) is 0.379. The van der Waals surface area contributed by atoms with Gasteiger partial charge in [0.2, 0.25) is 6.10 Å². The second-order valence-corrected chi connectivity index (χ2v) is 9.31. The first-order valence-electron chi connectivity index (χ1n) is 11.9. The van der Waals surface area contributed by atoms with Crippen LogP contribution in [0.15, 0.2) is 78.9 Å². The number of hydrogen-bond donors (Lipinski definition) is 1. The van der Waals surface area contributed by atoms with Crippen molar-refractivity contribution in [3.05, 3.63) is 101 Å². The van der Waals surface area contributed by atoms with Gasteiger partial charge in [0, 0.05) is 34.9 Å². The number of benzene rings is 3. The average molecular weight is 545 g/mol. The molecule has 1 saturated heterocycles. The van der Waals surface area contributed by atoms with Gasteiger partial charge in [0.05, 0.1) is 11.5 Å². The maximum Gasteiger partial charge on any atom is 0.416 e. The van der Waals surface area contributed by atoms with Crippen LogP contribution < -0.4 is 5.32 Å². The van der Waals surface area contributed by atoms with E-state index in [9.17, 15) is 27.6 Å². The number of nitrogens with one attached hydrogen (secondary N) is 1. The highest BCUT2D eigenvalue weighted by atomic mass is 35.5. The molecular formula is C28H24ClF3N2O4. The van der Waals surface area contributed by atoms with Crippen molar-refractivity contribution in [2.75, 3.05) is 18.4 Å². The Hall–Kier alpha value is -3.85. The first-order valence-corrected chi connectivity index (χ1v) is 12.3. The van der Waals surface area contributed by atoms with E-state index >= 15 is 0 Å². The Kier molecular flexibility index (Phi) is 8.36. The number of halogens is 4. The molecular weight excluding hydrogens is 521 g/mol. The normalized spacial score (nSPS) is 15.0. The molecule has 10 heteroatoms. The first-order chi connectivity index (χ1) is 18.1. The van der Waals surface area contributed by atoms with Crippen LogP contribution in [0, 0.1) is 5.92 Å². The molecule has 1 heterocycles. The number of ether oxygens (including phenoxy) is 1. The van der Waals surface area contributed by atoms with Gasteiger partial charge >= 0.3 is 12.1 Å². The van der Waals surface area contributed by atoms with Crippen LogP contribution in [0.25, 0.3) is 0 Å². The summed E-state index contributed by atoms with van der Waals surface area (Å²) in [4.78, 5) is 40.5. The number of anilines is 1. The summed E-state index contributed by atoms with van der Waals surface area (Å²) in [7, 11) is 0. The molecule has 0 unspecified atom stereocenters. The van der Waals surface area contributed by atoms with E-state index in [-0.39, 0.29) is 11.6 Å². The minimum atomic E-state index is -4.57. The fourth-order valence-electron chi connectivity index (χ4n) is 4.19. The topological polar surface area (TPSA) is 75.7 Å². The minimum absolute atomic E-state index is 0.0733. The lowest BCUT2D eigenvalue weighted by atomic mass is 9.96. The molecule has 3 aromatic rings. The highest BCUT2D eigenvalue weighted by molar-refractivity contribution is 6.30. The van der Waals surface area contributed by atoms with Crippen LogP contribution in [-0.4, -0.2) is 35.8 Å². The highest BCUT2D eigenvalue weighted by Crippen LogP contribution is 2.31. The Morgan fingerprint density at radius 3 is 2.21 bits per heavy atom. The number of piperidine rings is 1. The third-order valence-corrected chi connectivity index (χ3v) is 6.49. The number of rotatable bonds is 6. The fraction of sp³-hybridized carbons (Fsp3) is 0.250. The van der Waals surface area contributed by atoms with Crippen LogP contribution in [0.4, 0.5) is 18.9 Å². The van der Waals surface area contributed by atoms with Gasteiger partial charge in [0.15, 0.2) is 0 Å². The van der Waals surface area contributed by atoms with Crippen LogP contribution in [0.2, 0.25) is 5.02 Å². The molecule has 4 rings (SSSR count). The van der Waals surface area contributed by atoms with Crippen molar-refractivity contribution in [1.29, 1.82) is 0 Å². The molecule has 3 aromatic carbocycles. The third kappa shape index (κ3) is 6.72. The van der Waals surface area contributed by atoms with E-state index in [4.69, 9.17) is 16.3 Å². The summed E-state index contributed by atoms with van der Waals surface area (Å²) in [5, 5.41) is 2.95. The molecule has 0 bridgehead atoms. The Labute approximate surface area is 222 Å². The molecule has 0 saturated carbocycles. The fourth-order valence-corrected chi connectivity index (χ4v) is 4.31. The summed E-state index contributed by atoms with van der Waals surface area (Å²) in [5.74, 6) is -2.11. The average Bonchev–Trinajstić information content (AvgIpc) is 2.92. The maximum atomic E-state index is 13.1. The van der Waals surface area contributed by atoms with Crippen LogP contribution in [-0.2, 0) is 20.5 Å². The number of hydrogen-bond acceptors (Lipinski definition) is 4. The van der Waals surface area contributed by atoms with Gasteiger partial charge < -0.3 is 15.0 Å². The number of esters is 1. The van der Waals surface area contributed by atoms with E-state index in [1.165, 1.54) is 12.1 Å². The number of carbonyl (C=O) groups excluding carboxylic acids is 3. The smallest absolute Gasteiger partial charge is 0.416 e. The molecule has 1 N–H and O–H groups in total. The van der Waals surface area contributed by atoms with Gasteiger partial charge in [-0.15, -0.1) is 0 Å². The zero-order chi connectivity index (χ0) is 27.3. The summed E-state index contributed by atoms with van der Waals surface area (Å²) >= 11 is 5.88. The molecule has 1 aliphatic rings. The zero-order valence-corrected chi connectivity index (χ0v) is 20.8. The van der Waals surface area contributed by atoms with Crippen molar-refractivity contribution in [3.8, 4) is 0 Å². The van der Waals surface area contributed by atoms with Crippen molar-refractivity contribution in [2.24, 2.45) is 5.92 Å². The van der Waals surface area contributed by atoms with Gasteiger partial charge in [-0.1, -0.05) is 48.0 Å². The van der Waals surface area contributed by atoms with Gasteiger partial charge in [-0.05, 0) is 55.3 Å². The Balaban J connectivity index is 1.42. The van der Waals surface area contributed by atoms with Gasteiger partial charge in [-0.25, -0.2) is 0 Å². The van der Waals surface area contributed by atoms with E-state index in [0.29, 0.717) is 42.1 Å². The lowest BCUT2D eigenvalue weighted by molar-refractivity contribution is -0.160. The molecule has 0 radical (unpaired) electrons. The second-order valence-electron chi connectivity index (χ2n) is 8.87. The predicted molar refractivity (Wildman–Crippen MR) is 135 cm³/mol. The second kappa shape index (κ2) is 11.7. The molecule has 6 nitrogen and oxygen atoms in total. The summed E-state index contributed by atoms with van der Waals surface area (Å²) in [6.07, 6.45) is -5.26. The monoisotopic (exact) mass is 544 g/mol. The van der Waals surface area contributed by atoms with Gasteiger partial charge in [0.25, 0.3) is 11.8 Å². The van der Waals surface area contributed by atoms with Crippen molar-refractivity contribution in [2.45, 2.75) is 25.1 Å². The van der Waals surface area contributed by atoms with E-state index < -0.39 is 35.6 Å². The molecule has 1 fully saturated rings. The number of amides is 2. The molecule has 1 aliphatic heterocycles. The van der Waals surface area contributed by atoms with E-state index in [2.05, 4.69) is 5.32 Å². The van der Waals surface area contributed by atoms with Crippen molar-refractivity contribution in [3.63, 3.8) is 0 Å². The van der Waals surface area contributed by atoms with Crippen LogP contribution in [0.3, 0.4) is 0 Å². The molecule has 0 aromatic heterocycles. The standard InChI is InChI=1S/C28H24ClF3N2O4/c29-22-11-9-19(10-12-22)26(36)34-15-13-20(14-16-34)27(37)38-24(18-5-2-1-3-6-18)25(35)33-23-8-4-7-21(17-23)28(30,31)32/h1-12,17,20,24H,13-16H2,(H,33,35)/t24-/m1/s1. The molecule has 198 valence electrons. The Bertz CT molecular complexity index is 1290. The van der Waals surface area contributed by atoms with Gasteiger partial charge in [0.1, 0.15) is 0 Å². The molecule has 1 atom stereocenters. The third-order valence-electron chi connectivity index (χ3n) is 6.24. The van der Waals surface area contributed by atoms with Crippen LogP contribution in [0.5, 0.6) is 0 Å². The Morgan fingerprint density at radius 1 is 0.921 bits per heavy atom. The number of carbonyl (C=O) groups is 3.